The minimum absolute atomic E-state index is 0.0117. The number of nitrogens with zero attached hydrogens (tertiary/aromatic N) is 1. The maximum Gasteiger partial charge on any atom is 0.416 e. The Balaban J connectivity index is 1.94. The number of hydrogen-bond donors (Lipinski definition) is 0. The van der Waals surface area contributed by atoms with Crippen molar-refractivity contribution in [3.05, 3.63) is 71.3 Å². The summed E-state index contributed by atoms with van der Waals surface area (Å²) >= 11 is 0. The average molecular weight is 379 g/mol. The molecule has 6 heteroatoms. The first-order valence-electron chi connectivity index (χ1n) is 8.81. The molecule has 2 rings (SSSR count). The predicted molar refractivity (Wildman–Crippen MR) is 98.3 cm³/mol. The Kier molecular flexibility index (Phi) is 7.02. The fourth-order valence-electron chi connectivity index (χ4n) is 2.89. The number of halogens is 3. The van der Waals surface area contributed by atoms with E-state index in [1.807, 2.05) is 39.0 Å². The molecular formula is C21H24F3NO2. The summed E-state index contributed by atoms with van der Waals surface area (Å²) in [5, 5.41) is 0. The van der Waals surface area contributed by atoms with Crippen molar-refractivity contribution in [3.63, 3.8) is 0 Å². The van der Waals surface area contributed by atoms with Crippen molar-refractivity contribution in [1.29, 1.82) is 0 Å². The van der Waals surface area contributed by atoms with Gasteiger partial charge in [-0.15, -0.1) is 0 Å². The predicted octanol–water partition coefficient (Wildman–Crippen LogP) is 5.16. The van der Waals surface area contributed by atoms with Crippen LogP contribution in [0.3, 0.4) is 0 Å². The molecule has 0 aliphatic carbocycles. The Labute approximate surface area is 157 Å². The third kappa shape index (κ3) is 5.82. The van der Waals surface area contributed by atoms with Crippen molar-refractivity contribution in [3.8, 4) is 0 Å². The van der Waals surface area contributed by atoms with Gasteiger partial charge in [0.05, 0.1) is 24.8 Å². The van der Waals surface area contributed by atoms with Gasteiger partial charge in [0.2, 0.25) is 0 Å². The van der Waals surface area contributed by atoms with Gasteiger partial charge in [-0.3, -0.25) is 4.79 Å². The van der Waals surface area contributed by atoms with E-state index in [0.717, 1.165) is 12.1 Å². The second-order valence-corrected chi connectivity index (χ2v) is 6.73. The van der Waals surface area contributed by atoms with Crippen LogP contribution in [0.1, 0.15) is 42.3 Å². The molecular weight excluding hydrogens is 355 g/mol. The number of alkyl halides is 3. The number of hydrogen-bond acceptors (Lipinski definition) is 2. The van der Waals surface area contributed by atoms with Gasteiger partial charge in [-0.05, 0) is 50.6 Å². The third-order valence-electron chi connectivity index (χ3n) is 4.20. The molecule has 0 unspecified atom stereocenters. The van der Waals surface area contributed by atoms with Crippen molar-refractivity contribution in [2.75, 3.05) is 6.61 Å². The lowest BCUT2D eigenvalue weighted by Gasteiger charge is -2.33. The molecule has 0 N–H and O–H groups in total. The van der Waals surface area contributed by atoms with Gasteiger partial charge in [0, 0.05) is 11.6 Å². The normalized spacial score (nSPS) is 12.9. The topological polar surface area (TPSA) is 29.5 Å². The summed E-state index contributed by atoms with van der Waals surface area (Å²) in [5.41, 5.74) is 0.584. The summed E-state index contributed by atoms with van der Waals surface area (Å²) in [6, 6.07) is 13.7. The molecule has 0 fully saturated rings. The lowest BCUT2D eigenvalue weighted by molar-refractivity contribution is -0.137. The van der Waals surface area contributed by atoms with Crippen LogP contribution in [0, 0.1) is 0 Å². The Morgan fingerprint density at radius 2 is 1.59 bits per heavy atom. The summed E-state index contributed by atoms with van der Waals surface area (Å²) in [6.45, 7) is 6.25. The first-order valence-corrected chi connectivity index (χ1v) is 8.81. The van der Waals surface area contributed by atoms with Crippen LogP contribution in [-0.2, 0) is 17.5 Å². The van der Waals surface area contributed by atoms with E-state index in [9.17, 15) is 18.0 Å². The lowest BCUT2D eigenvalue weighted by Crippen LogP contribution is -2.45. The van der Waals surface area contributed by atoms with Gasteiger partial charge in [-0.2, -0.15) is 13.2 Å². The summed E-state index contributed by atoms with van der Waals surface area (Å²) in [5.74, 6) is -0.0729. The molecule has 0 saturated carbocycles. The van der Waals surface area contributed by atoms with Crippen LogP contribution in [0.15, 0.2) is 54.6 Å². The third-order valence-corrected chi connectivity index (χ3v) is 4.20. The number of carbonyl (C=O) groups excluding carboxylic acids is 1. The second kappa shape index (κ2) is 9.04. The van der Waals surface area contributed by atoms with Gasteiger partial charge in [0.25, 0.3) is 5.91 Å². The van der Waals surface area contributed by atoms with Crippen LogP contribution < -0.4 is 0 Å². The van der Waals surface area contributed by atoms with Gasteiger partial charge < -0.3 is 9.64 Å². The maximum atomic E-state index is 12.8. The molecule has 0 saturated heterocycles. The molecule has 146 valence electrons. The van der Waals surface area contributed by atoms with E-state index >= 15 is 0 Å². The molecule has 1 amide bonds. The Morgan fingerprint density at radius 1 is 1.00 bits per heavy atom. The van der Waals surface area contributed by atoms with E-state index in [-0.39, 0.29) is 31.2 Å². The molecule has 27 heavy (non-hydrogen) atoms. The summed E-state index contributed by atoms with van der Waals surface area (Å²) in [7, 11) is 0. The van der Waals surface area contributed by atoms with Crippen LogP contribution >= 0.6 is 0 Å². The molecule has 0 aliphatic heterocycles. The van der Waals surface area contributed by atoms with E-state index in [2.05, 4.69) is 0 Å². The van der Waals surface area contributed by atoms with E-state index in [4.69, 9.17) is 4.74 Å². The summed E-state index contributed by atoms with van der Waals surface area (Å²) < 4.78 is 43.4. The molecule has 2 aromatic carbocycles. The van der Waals surface area contributed by atoms with Crippen LogP contribution in [-0.4, -0.2) is 29.5 Å². The largest absolute Gasteiger partial charge is 0.416 e. The first-order chi connectivity index (χ1) is 12.7. The first kappa shape index (κ1) is 21.0. The van der Waals surface area contributed by atoms with Crippen LogP contribution in [0.2, 0.25) is 0 Å². The number of carbonyl (C=O) groups is 1. The SMILES string of the molecule is CC(C)N(C(=O)c1ccccc1)[C@@H](C)COCc1ccc(C(F)(F)F)cc1. The lowest BCUT2D eigenvalue weighted by atomic mass is 10.1. The van der Waals surface area contributed by atoms with Gasteiger partial charge in [0.15, 0.2) is 0 Å². The van der Waals surface area contributed by atoms with Crippen molar-refractivity contribution in [2.24, 2.45) is 0 Å². The smallest absolute Gasteiger partial charge is 0.375 e. The maximum absolute atomic E-state index is 12.8. The average Bonchev–Trinajstić information content (AvgIpc) is 2.62. The molecule has 0 radical (unpaired) electrons. The van der Waals surface area contributed by atoms with Crippen LogP contribution in [0.5, 0.6) is 0 Å². The Morgan fingerprint density at radius 3 is 2.11 bits per heavy atom. The fourth-order valence-corrected chi connectivity index (χ4v) is 2.89. The number of rotatable bonds is 7. The van der Waals surface area contributed by atoms with Gasteiger partial charge in [0.1, 0.15) is 0 Å². The zero-order valence-corrected chi connectivity index (χ0v) is 15.7. The molecule has 0 heterocycles. The van der Waals surface area contributed by atoms with Gasteiger partial charge >= 0.3 is 6.18 Å². The fraction of sp³-hybridized carbons (Fsp3) is 0.381. The molecule has 0 bridgehead atoms. The zero-order chi connectivity index (χ0) is 20.0. The van der Waals surface area contributed by atoms with E-state index in [0.29, 0.717) is 11.1 Å². The Bertz CT molecular complexity index is 727. The molecule has 0 aromatic heterocycles. The number of benzene rings is 2. The monoisotopic (exact) mass is 379 g/mol. The van der Waals surface area contributed by atoms with Crippen LogP contribution in [0.4, 0.5) is 13.2 Å². The highest BCUT2D eigenvalue weighted by atomic mass is 19.4. The highest BCUT2D eigenvalue weighted by Gasteiger charge is 2.30. The number of ether oxygens (including phenoxy) is 1. The van der Waals surface area contributed by atoms with Crippen LogP contribution in [0.25, 0.3) is 0 Å². The van der Waals surface area contributed by atoms with Crippen molar-refractivity contribution in [2.45, 2.75) is 45.6 Å². The second-order valence-electron chi connectivity index (χ2n) is 6.73. The Hall–Kier alpha value is -2.34. The highest BCUT2D eigenvalue weighted by molar-refractivity contribution is 5.94. The van der Waals surface area contributed by atoms with Crippen molar-refractivity contribution < 1.29 is 22.7 Å². The molecule has 0 spiro atoms. The van der Waals surface area contributed by atoms with Gasteiger partial charge in [-0.25, -0.2) is 0 Å². The molecule has 2 aromatic rings. The highest BCUT2D eigenvalue weighted by Crippen LogP contribution is 2.29. The summed E-state index contributed by atoms with van der Waals surface area (Å²) in [4.78, 5) is 14.5. The van der Waals surface area contributed by atoms with Crippen molar-refractivity contribution >= 4 is 5.91 Å². The molecule has 3 nitrogen and oxygen atoms in total. The van der Waals surface area contributed by atoms with E-state index in [1.165, 1.54) is 12.1 Å². The van der Waals surface area contributed by atoms with Gasteiger partial charge in [-0.1, -0.05) is 30.3 Å². The van der Waals surface area contributed by atoms with Crippen molar-refractivity contribution in [1.82, 2.24) is 4.90 Å². The minimum atomic E-state index is -4.34. The number of amides is 1. The standard InChI is InChI=1S/C21H24F3NO2/c1-15(2)25(20(26)18-7-5-4-6-8-18)16(3)13-27-14-17-9-11-19(12-10-17)21(22,23)24/h4-12,15-16H,13-14H2,1-3H3/t16-/m0/s1. The van der Waals surface area contributed by atoms with E-state index < -0.39 is 11.7 Å². The zero-order valence-electron chi connectivity index (χ0n) is 15.7. The summed E-state index contributed by atoms with van der Waals surface area (Å²) in [6.07, 6.45) is -4.34. The minimum Gasteiger partial charge on any atom is -0.375 e. The molecule has 0 aliphatic rings. The quantitative estimate of drug-likeness (QED) is 0.665. The van der Waals surface area contributed by atoms with E-state index in [1.54, 1.807) is 17.0 Å². The molecule has 1 atom stereocenters.